The van der Waals surface area contributed by atoms with Gasteiger partial charge in [-0.1, -0.05) is 60.2 Å². The maximum Gasteiger partial charge on any atom is 1.00 e. The molecule has 10 heteroatoms. The summed E-state index contributed by atoms with van der Waals surface area (Å²) in [6, 6.07) is 17.8. The molecule has 0 radical (unpaired) electrons. The smallest absolute Gasteiger partial charge is 0.456 e. The Morgan fingerprint density at radius 2 is 1.47 bits per heavy atom. The average molecular weight is 549 g/mol. The Labute approximate surface area is 263 Å². The number of benzene rings is 3. The zero-order chi connectivity index (χ0) is 27.1. The van der Waals surface area contributed by atoms with E-state index in [1.807, 2.05) is 48.5 Å². The van der Waals surface area contributed by atoms with Gasteiger partial charge < -0.3 is 22.4 Å². The number of hydrogen-bond acceptors (Lipinski definition) is 4. The Morgan fingerprint density at radius 3 is 1.97 bits per heavy atom. The predicted molar refractivity (Wildman–Crippen MR) is 139 cm³/mol. The minimum absolute atomic E-state index is 0. The number of amides is 1. The second-order valence-electron chi connectivity index (χ2n) is 10.1. The number of nitrogens with zero attached hydrogens (tertiary/aromatic N) is 1. The number of esters is 1. The minimum atomic E-state index is -5.45. The molecule has 3 aromatic carbocycles. The second kappa shape index (κ2) is 11.6. The van der Waals surface area contributed by atoms with Gasteiger partial charge in [-0.2, -0.15) is 0 Å². The summed E-state index contributed by atoms with van der Waals surface area (Å²) in [5.74, 6) is -1.09. The van der Waals surface area contributed by atoms with E-state index in [0.717, 1.165) is 33.2 Å². The molecule has 0 spiro atoms. The van der Waals surface area contributed by atoms with Crippen molar-refractivity contribution in [2.45, 2.75) is 39.2 Å². The normalized spacial score (nSPS) is 12.7. The van der Waals surface area contributed by atoms with Crippen LogP contribution in [0.3, 0.4) is 0 Å². The Balaban J connectivity index is 0.00000400. The number of rotatable bonds is 5. The van der Waals surface area contributed by atoms with E-state index in [2.05, 4.69) is 0 Å². The predicted octanol–water partition coefficient (Wildman–Crippen LogP) is 3.39. The van der Waals surface area contributed by atoms with E-state index >= 15 is 0 Å². The Hall–Kier alpha value is -2.11. The van der Waals surface area contributed by atoms with Gasteiger partial charge in [-0.25, -0.2) is 9.59 Å². The van der Waals surface area contributed by atoms with Crippen molar-refractivity contribution < 1.29 is 83.4 Å². The number of fused-ring (bicyclic) bond motifs is 3. The van der Waals surface area contributed by atoms with Gasteiger partial charge in [-0.3, -0.25) is 4.90 Å². The maximum atomic E-state index is 13.9. The third-order valence-corrected chi connectivity index (χ3v) is 6.40. The van der Waals surface area contributed by atoms with Gasteiger partial charge in [0, 0.05) is 18.7 Å². The van der Waals surface area contributed by atoms with Gasteiger partial charge in [0.2, 0.25) is 0 Å². The topological polar surface area (TPSA) is 55.8 Å². The van der Waals surface area contributed by atoms with Crippen molar-refractivity contribution in [2.75, 3.05) is 18.6 Å². The molecule has 1 aliphatic rings. The molecule has 0 aromatic heterocycles. The molecule has 0 fully saturated rings. The number of carbonyl (C=O) groups is 2. The van der Waals surface area contributed by atoms with E-state index in [-0.39, 0.29) is 80.7 Å². The van der Waals surface area contributed by atoms with Crippen molar-refractivity contribution in [1.29, 1.82) is 0 Å². The number of anilines is 1. The zero-order valence-corrected chi connectivity index (χ0v) is 25.5. The van der Waals surface area contributed by atoms with Crippen molar-refractivity contribution in [3.05, 3.63) is 82.9 Å². The van der Waals surface area contributed by atoms with Crippen LogP contribution in [-0.4, -0.2) is 38.3 Å². The number of halogens is 3. The van der Waals surface area contributed by atoms with Crippen molar-refractivity contribution in [3.63, 3.8) is 0 Å². The molecule has 0 bridgehead atoms. The quantitative estimate of drug-likeness (QED) is 0.362. The van der Waals surface area contributed by atoms with Crippen LogP contribution in [0.15, 0.2) is 60.7 Å². The SMILES string of the molecule is Cc1c(C(=O)OC(C)(C)C)cc(N(C)C(=O)OCC2c3ccccc3-c3ccccc32)cc1[B-](F)(F)F.[K+]. The third kappa shape index (κ3) is 6.37. The fourth-order valence-corrected chi connectivity index (χ4v) is 4.60. The summed E-state index contributed by atoms with van der Waals surface area (Å²) in [7, 11) is 1.32. The first-order chi connectivity index (χ1) is 17.3. The minimum Gasteiger partial charge on any atom is -0.456 e. The van der Waals surface area contributed by atoms with E-state index in [1.54, 1.807) is 20.8 Å². The molecular formula is C28H28BF3KNO4. The van der Waals surface area contributed by atoms with E-state index in [4.69, 9.17) is 9.47 Å². The van der Waals surface area contributed by atoms with Crippen LogP contribution < -0.4 is 61.7 Å². The molecule has 38 heavy (non-hydrogen) atoms. The summed E-state index contributed by atoms with van der Waals surface area (Å²) in [4.78, 5) is 26.7. The molecule has 194 valence electrons. The van der Waals surface area contributed by atoms with Crippen LogP contribution in [0, 0.1) is 6.92 Å². The summed E-state index contributed by atoms with van der Waals surface area (Å²) in [5, 5.41) is 0. The Morgan fingerprint density at radius 1 is 0.947 bits per heavy atom. The molecule has 1 amide bonds. The fourth-order valence-electron chi connectivity index (χ4n) is 4.60. The van der Waals surface area contributed by atoms with E-state index in [1.165, 1.54) is 20.0 Å². The zero-order valence-electron chi connectivity index (χ0n) is 22.3. The van der Waals surface area contributed by atoms with Crippen LogP contribution in [0.1, 0.15) is 53.7 Å². The van der Waals surface area contributed by atoms with Gasteiger partial charge in [-0.05, 0) is 56.0 Å². The molecule has 0 saturated carbocycles. The summed E-state index contributed by atoms with van der Waals surface area (Å²) in [6.45, 7) is 0.660. The standard InChI is InChI=1S/C28H28BF3NO4.K/c1-17-23(26(34)37-28(2,3)4)14-18(15-25(17)29(30,31)32)33(5)27(35)36-16-24-21-12-8-6-10-19(21)20-11-7-9-13-22(20)24;/h6-15,24H,16H2,1-5H3;/q-1;+1. The van der Waals surface area contributed by atoms with Gasteiger partial charge in [0.05, 0.1) is 5.56 Å². The van der Waals surface area contributed by atoms with Crippen molar-refractivity contribution in [2.24, 2.45) is 0 Å². The van der Waals surface area contributed by atoms with Crippen LogP contribution in [0.4, 0.5) is 23.4 Å². The molecule has 0 saturated heterocycles. The van der Waals surface area contributed by atoms with Gasteiger partial charge in [0.25, 0.3) is 0 Å². The molecule has 4 rings (SSSR count). The summed E-state index contributed by atoms with van der Waals surface area (Å²) >= 11 is 0. The molecular weight excluding hydrogens is 521 g/mol. The van der Waals surface area contributed by atoms with Gasteiger partial charge in [0.1, 0.15) is 12.2 Å². The molecule has 0 atom stereocenters. The average Bonchev–Trinajstić information content (AvgIpc) is 3.14. The molecule has 3 aromatic rings. The van der Waals surface area contributed by atoms with Crippen molar-refractivity contribution >= 4 is 30.2 Å². The Kier molecular flexibility index (Phi) is 9.25. The van der Waals surface area contributed by atoms with Gasteiger partial charge in [-0.15, -0.1) is 5.46 Å². The van der Waals surface area contributed by atoms with Crippen molar-refractivity contribution in [1.82, 2.24) is 0 Å². The van der Waals surface area contributed by atoms with Crippen LogP contribution in [0.5, 0.6) is 0 Å². The molecule has 5 nitrogen and oxygen atoms in total. The van der Waals surface area contributed by atoms with Crippen LogP contribution >= 0.6 is 0 Å². The number of carbonyl (C=O) groups excluding carboxylic acids is 2. The first-order valence-corrected chi connectivity index (χ1v) is 11.9. The van der Waals surface area contributed by atoms with Crippen molar-refractivity contribution in [3.8, 4) is 11.1 Å². The van der Waals surface area contributed by atoms with Crippen LogP contribution in [-0.2, 0) is 9.47 Å². The third-order valence-electron chi connectivity index (χ3n) is 6.40. The van der Waals surface area contributed by atoms with E-state index < -0.39 is 30.1 Å². The summed E-state index contributed by atoms with van der Waals surface area (Å²) in [6.07, 6.45) is -0.832. The number of ether oxygens (including phenoxy) is 2. The maximum absolute atomic E-state index is 13.9. The van der Waals surface area contributed by atoms with Crippen LogP contribution in [0.25, 0.3) is 11.1 Å². The summed E-state index contributed by atoms with van der Waals surface area (Å²) in [5.41, 5.74) is 1.69. The first kappa shape index (κ1) is 30.4. The van der Waals surface area contributed by atoms with E-state index in [0.29, 0.717) is 0 Å². The first-order valence-electron chi connectivity index (χ1n) is 11.9. The monoisotopic (exact) mass is 549 g/mol. The Bertz CT molecular complexity index is 1330. The molecule has 1 aliphatic carbocycles. The number of hydrogen-bond donors (Lipinski definition) is 0. The largest absolute Gasteiger partial charge is 1.00 e. The molecule has 0 unspecified atom stereocenters. The van der Waals surface area contributed by atoms with E-state index in [9.17, 15) is 22.5 Å². The van der Waals surface area contributed by atoms with Crippen LogP contribution in [0.2, 0.25) is 0 Å². The second-order valence-corrected chi connectivity index (χ2v) is 10.1. The summed E-state index contributed by atoms with van der Waals surface area (Å²) < 4.78 is 52.6. The molecule has 0 heterocycles. The molecule has 0 aliphatic heterocycles. The fraction of sp³-hybridized carbons (Fsp3) is 0.286. The molecule has 0 N–H and O–H groups in total. The van der Waals surface area contributed by atoms with Gasteiger partial charge >= 0.3 is 70.4 Å². The van der Waals surface area contributed by atoms with Gasteiger partial charge in [0.15, 0.2) is 0 Å².